The van der Waals surface area contributed by atoms with E-state index >= 15 is 0 Å². The summed E-state index contributed by atoms with van der Waals surface area (Å²) in [5, 5.41) is 4.04. The molecule has 210 valence electrons. The van der Waals surface area contributed by atoms with E-state index in [4.69, 9.17) is 15.2 Å². The molecule has 1 amide bonds. The van der Waals surface area contributed by atoms with Gasteiger partial charge in [-0.05, 0) is 35.2 Å². The molecule has 4 heterocycles. The molecule has 1 aliphatic heterocycles. The second kappa shape index (κ2) is 11.6. The summed E-state index contributed by atoms with van der Waals surface area (Å²) in [5.41, 5.74) is 17.4. The Balaban J connectivity index is 1.22. The summed E-state index contributed by atoms with van der Waals surface area (Å²) in [5.74, 6) is 0.837. The van der Waals surface area contributed by atoms with E-state index < -0.39 is 0 Å². The average Bonchev–Trinajstić information content (AvgIpc) is 3.60. The first kappa shape index (κ1) is 26.8. The molecule has 0 unspecified atom stereocenters. The average molecular weight is 569 g/mol. The van der Waals surface area contributed by atoms with E-state index in [2.05, 4.69) is 38.3 Å². The number of thiophene rings is 1. The minimum atomic E-state index is -0.244. The van der Waals surface area contributed by atoms with E-state index in [0.717, 1.165) is 70.5 Å². The molecule has 3 aromatic heterocycles. The van der Waals surface area contributed by atoms with Gasteiger partial charge in [0.1, 0.15) is 17.3 Å². The Hall–Kier alpha value is -4.38. The van der Waals surface area contributed by atoms with Gasteiger partial charge in [-0.3, -0.25) is 20.5 Å². The number of para-hydroxylation sites is 1. The van der Waals surface area contributed by atoms with Crippen molar-refractivity contribution in [3.8, 4) is 16.9 Å². The van der Waals surface area contributed by atoms with Gasteiger partial charge in [0.2, 0.25) is 0 Å². The van der Waals surface area contributed by atoms with Gasteiger partial charge in [-0.25, -0.2) is 4.98 Å². The lowest BCUT2D eigenvalue weighted by Crippen LogP contribution is -2.36. The lowest BCUT2D eigenvalue weighted by atomic mass is 10.0. The number of methoxy groups -OCH3 is 1. The number of nitrogen functional groups attached to an aromatic ring is 1. The maximum Gasteiger partial charge on any atom is 0.286 e. The Morgan fingerprint density at radius 3 is 2.83 bits per heavy atom. The fourth-order valence-corrected chi connectivity index (χ4v) is 6.27. The number of nitrogens with one attached hydrogen (secondary N) is 2. The highest BCUT2D eigenvalue weighted by Gasteiger charge is 2.17. The van der Waals surface area contributed by atoms with Gasteiger partial charge in [-0.2, -0.15) is 0 Å². The standard InChI is InChI=1S/C31H32N6O3S/c1-36-25-8-4-3-6-21(25)16-26(36)31(38)35-34-24-10-9-20(17-27(24)39-2)23-19-41-29-22(18-33-30(32)28(23)29)7-5-11-37-12-14-40-15-13-37/h3-10,16-19,34H,11-15H2,1-2H3,(H2,32,33)(H,35,38)/b7-5+. The number of ether oxygens (including phenoxy) is 2. The van der Waals surface area contributed by atoms with Crippen LogP contribution in [-0.4, -0.2) is 60.3 Å². The number of pyridine rings is 1. The summed E-state index contributed by atoms with van der Waals surface area (Å²) in [7, 11) is 3.48. The van der Waals surface area contributed by atoms with Gasteiger partial charge in [-0.15, -0.1) is 11.3 Å². The Morgan fingerprint density at radius 1 is 1.20 bits per heavy atom. The molecule has 6 rings (SSSR count). The number of nitrogens with zero attached hydrogens (tertiary/aromatic N) is 3. The molecule has 1 saturated heterocycles. The topological polar surface area (TPSA) is 107 Å². The van der Waals surface area contributed by atoms with Crippen LogP contribution < -0.4 is 21.3 Å². The molecule has 0 saturated carbocycles. The second-order valence-electron chi connectivity index (χ2n) is 9.91. The van der Waals surface area contributed by atoms with Gasteiger partial charge in [0.25, 0.3) is 5.91 Å². The molecule has 1 aliphatic rings. The van der Waals surface area contributed by atoms with Crippen LogP contribution in [0, 0.1) is 0 Å². The molecule has 0 aliphatic carbocycles. The number of benzene rings is 2. The number of fused-ring (bicyclic) bond motifs is 2. The number of carbonyl (C=O) groups is 1. The molecular weight excluding hydrogens is 536 g/mol. The van der Waals surface area contributed by atoms with Crippen LogP contribution in [0.3, 0.4) is 0 Å². The first-order valence-corrected chi connectivity index (χ1v) is 14.3. The minimum absolute atomic E-state index is 0.244. The summed E-state index contributed by atoms with van der Waals surface area (Å²) in [6.45, 7) is 4.33. The third-order valence-electron chi connectivity index (χ3n) is 7.42. The van der Waals surface area contributed by atoms with Crippen LogP contribution in [0.15, 0.2) is 66.2 Å². The van der Waals surface area contributed by atoms with E-state index in [1.165, 1.54) is 0 Å². The summed E-state index contributed by atoms with van der Waals surface area (Å²) >= 11 is 1.65. The van der Waals surface area contributed by atoms with Crippen molar-refractivity contribution >= 4 is 55.8 Å². The Morgan fingerprint density at radius 2 is 2.02 bits per heavy atom. The van der Waals surface area contributed by atoms with Crippen molar-refractivity contribution in [3.63, 3.8) is 0 Å². The monoisotopic (exact) mass is 568 g/mol. The van der Waals surface area contributed by atoms with E-state index in [1.54, 1.807) is 18.4 Å². The number of anilines is 2. The summed E-state index contributed by atoms with van der Waals surface area (Å²) < 4.78 is 14.1. The summed E-state index contributed by atoms with van der Waals surface area (Å²) in [6.07, 6.45) is 6.13. The molecule has 4 N–H and O–H groups in total. The van der Waals surface area contributed by atoms with Crippen molar-refractivity contribution in [1.29, 1.82) is 0 Å². The third kappa shape index (κ3) is 5.37. The molecular formula is C31H32N6O3S. The molecule has 41 heavy (non-hydrogen) atoms. The van der Waals surface area contributed by atoms with E-state index in [9.17, 15) is 4.79 Å². The zero-order valence-corrected chi connectivity index (χ0v) is 23.8. The van der Waals surface area contributed by atoms with Gasteiger partial charge < -0.3 is 19.8 Å². The number of hydrogen-bond acceptors (Lipinski definition) is 8. The predicted octanol–water partition coefficient (Wildman–Crippen LogP) is 5.15. The zero-order valence-electron chi connectivity index (χ0n) is 23.0. The number of carbonyl (C=O) groups excluding carboxylic acids is 1. The highest BCUT2D eigenvalue weighted by Crippen LogP contribution is 2.41. The van der Waals surface area contributed by atoms with Gasteiger partial charge in [0.05, 0.1) is 26.0 Å². The van der Waals surface area contributed by atoms with Crippen LogP contribution in [0.25, 0.3) is 38.2 Å². The van der Waals surface area contributed by atoms with Gasteiger partial charge in [-0.1, -0.05) is 36.4 Å². The van der Waals surface area contributed by atoms with E-state index in [0.29, 0.717) is 22.9 Å². The number of nitrogens with two attached hydrogens (primary N) is 1. The number of hydrogen-bond donors (Lipinski definition) is 3. The van der Waals surface area contributed by atoms with Crippen LogP contribution in [0.4, 0.5) is 11.5 Å². The van der Waals surface area contributed by atoms with Gasteiger partial charge >= 0.3 is 0 Å². The largest absolute Gasteiger partial charge is 0.494 e. The first-order valence-electron chi connectivity index (χ1n) is 13.4. The Labute approximate surface area is 242 Å². The van der Waals surface area contributed by atoms with Crippen molar-refractivity contribution in [1.82, 2.24) is 19.9 Å². The van der Waals surface area contributed by atoms with Crippen molar-refractivity contribution in [2.75, 3.05) is 51.1 Å². The van der Waals surface area contributed by atoms with E-state index in [1.807, 2.05) is 66.3 Å². The molecule has 2 aromatic carbocycles. The first-order chi connectivity index (χ1) is 20.0. The minimum Gasteiger partial charge on any atom is -0.494 e. The zero-order chi connectivity index (χ0) is 28.3. The molecule has 9 nitrogen and oxygen atoms in total. The lowest BCUT2D eigenvalue weighted by molar-refractivity contribution is 0.0435. The number of morpholine rings is 1. The maximum atomic E-state index is 13.0. The van der Waals surface area contributed by atoms with Crippen molar-refractivity contribution in [2.24, 2.45) is 7.05 Å². The highest BCUT2D eigenvalue weighted by molar-refractivity contribution is 7.18. The van der Waals surface area contributed by atoms with Gasteiger partial charge in [0, 0.05) is 65.0 Å². The molecule has 0 radical (unpaired) electrons. The third-order valence-corrected chi connectivity index (χ3v) is 8.45. The van der Waals surface area contributed by atoms with E-state index in [-0.39, 0.29) is 5.91 Å². The number of aryl methyl sites for hydroxylation is 1. The molecule has 1 fully saturated rings. The van der Waals surface area contributed by atoms with Crippen molar-refractivity contribution in [3.05, 3.63) is 77.4 Å². The number of aromatic nitrogens is 2. The Bertz CT molecular complexity index is 1750. The molecule has 5 aromatic rings. The summed E-state index contributed by atoms with van der Waals surface area (Å²) in [6, 6.07) is 15.6. The van der Waals surface area contributed by atoms with Crippen LogP contribution >= 0.6 is 11.3 Å². The normalized spacial score (nSPS) is 14.2. The number of amides is 1. The highest BCUT2D eigenvalue weighted by atomic mass is 32.1. The van der Waals surface area contributed by atoms with Crippen LogP contribution in [-0.2, 0) is 11.8 Å². The number of hydrazine groups is 1. The molecule has 0 bridgehead atoms. The maximum absolute atomic E-state index is 13.0. The quantitative estimate of drug-likeness (QED) is 0.222. The fourth-order valence-electron chi connectivity index (χ4n) is 5.19. The lowest BCUT2D eigenvalue weighted by Gasteiger charge is -2.25. The van der Waals surface area contributed by atoms with Crippen LogP contribution in [0.1, 0.15) is 16.1 Å². The Kier molecular flexibility index (Phi) is 7.60. The second-order valence-corrected chi connectivity index (χ2v) is 10.8. The smallest absolute Gasteiger partial charge is 0.286 e. The molecule has 0 spiro atoms. The van der Waals surface area contributed by atoms with Crippen LogP contribution in [0.2, 0.25) is 0 Å². The van der Waals surface area contributed by atoms with Crippen molar-refractivity contribution in [2.45, 2.75) is 0 Å². The SMILES string of the molecule is COc1cc(-c2csc3c(/C=C/CN4CCOCC4)cnc(N)c23)ccc1NNC(=O)c1cc2ccccc2n1C. The molecule has 0 atom stereocenters. The predicted molar refractivity (Wildman–Crippen MR) is 166 cm³/mol. The fraction of sp³-hybridized carbons (Fsp3) is 0.226. The van der Waals surface area contributed by atoms with Crippen molar-refractivity contribution < 1.29 is 14.3 Å². The molecule has 10 heteroatoms. The number of rotatable bonds is 8. The van der Waals surface area contributed by atoms with Crippen LogP contribution in [0.5, 0.6) is 5.75 Å². The summed E-state index contributed by atoms with van der Waals surface area (Å²) in [4.78, 5) is 19.8. The van der Waals surface area contributed by atoms with Gasteiger partial charge in [0.15, 0.2) is 0 Å².